The van der Waals surface area contributed by atoms with Crippen molar-refractivity contribution in [3.8, 4) is 0 Å². The number of aromatic carboxylic acids is 1. The zero-order chi connectivity index (χ0) is 14.6. The highest BCUT2D eigenvalue weighted by Gasteiger charge is 2.16. The van der Waals surface area contributed by atoms with Crippen LogP contribution < -0.4 is 4.90 Å². The molecule has 1 amide bonds. The van der Waals surface area contributed by atoms with E-state index in [-0.39, 0.29) is 29.5 Å². The largest absolute Gasteiger partial charge is 0.481 e. The number of hydrogen-bond donors (Lipinski definition) is 2. The van der Waals surface area contributed by atoms with Crippen molar-refractivity contribution < 1.29 is 24.6 Å². The van der Waals surface area contributed by atoms with E-state index in [1.54, 1.807) is 0 Å². The molecule has 102 valence electrons. The summed E-state index contributed by atoms with van der Waals surface area (Å²) in [6, 6.07) is 4.07. The second kappa shape index (κ2) is 6.19. The highest BCUT2D eigenvalue weighted by Crippen LogP contribution is 2.23. The van der Waals surface area contributed by atoms with Crippen LogP contribution in [0.25, 0.3) is 0 Å². The second-order valence-electron chi connectivity index (χ2n) is 3.78. The van der Waals surface area contributed by atoms with Crippen molar-refractivity contribution in [1.82, 2.24) is 0 Å². The van der Waals surface area contributed by atoms with Gasteiger partial charge in [0, 0.05) is 19.2 Å². The summed E-state index contributed by atoms with van der Waals surface area (Å²) < 4.78 is 0. The van der Waals surface area contributed by atoms with E-state index in [1.165, 1.54) is 30.0 Å². The summed E-state index contributed by atoms with van der Waals surface area (Å²) >= 11 is 5.72. The van der Waals surface area contributed by atoms with E-state index in [2.05, 4.69) is 0 Å². The van der Waals surface area contributed by atoms with Crippen molar-refractivity contribution in [1.29, 1.82) is 0 Å². The van der Waals surface area contributed by atoms with E-state index in [1.807, 2.05) is 0 Å². The summed E-state index contributed by atoms with van der Waals surface area (Å²) in [6.45, 7) is 1.24. The summed E-state index contributed by atoms with van der Waals surface area (Å²) in [6.07, 6.45) is -0.232. The minimum Gasteiger partial charge on any atom is -0.481 e. The van der Waals surface area contributed by atoms with E-state index in [4.69, 9.17) is 21.8 Å². The molecule has 0 radical (unpaired) electrons. The molecular formula is C12H12ClNO5. The van der Waals surface area contributed by atoms with E-state index < -0.39 is 11.9 Å². The molecule has 0 unspecified atom stereocenters. The van der Waals surface area contributed by atoms with Crippen molar-refractivity contribution in [3.63, 3.8) is 0 Å². The van der Waals surface area contributed by atoms with Crippen LogP contribution in [-0.2, 0) is 9.59 Å². The number of benzene rings is 1. The fourth-order valence-electron chi connectivity index (χ4n) is 1.52. The minimum absolute atomic E-state index is 0.0364. The number of halogens is 1. The number of carbonyl (C=O) groups is 3. The molecule has 6 nitrogen and oxygen atoms in total. The third-order valence-electron chi connectivity index (χ3n) is 2.42. The van der Waals surface area contributed by atoms with E-state index >= 15 is 0 Å². The van der Waals surface area contributed by atoms with Crippen LogP contribution in [0.3, 0.4) is 0 Å². The molecule has 0 aliphatic heterocycles. The fraction of sp³-hybridized carbons (Fsp3) is 0.250. The number of nitrogens with zero attached hydrogens (tertiary/aromatic N) is 1. The summed E-state index contributed by atoms with van der Waals surface area (Å²) in [4.78, 5) is 34.2. The van der Waals surface area contributed by atoms with Crippen molar-refractivity contribution in [2.75, 3.05) is 11.4 Å². The molecule has 0 aliphatic carbocycles. The van der Waals surface area contributed by atoms with Crippen LogP contribution in [0, 0.1) is 0 Å². The van der Waals surface area contributed by atoms with E-state index in [0.717, 1.165) is 0 Å². The van der Waals surface area contributed by atoms with Crippen molar-refractivity contribution in [2.45, 2.75) is 13.3 Å². The summed E-state index contributed by atoms with van der Waals surface area (Å²) in [5.74, 6) is -2.63. The molecule has 0 spiro atoms. The molecule has 0 saturated heterocycles. The van der Waals surface area contributed by atoms with Gasteiger partial charge in [0.2, 0.25) is 5.91 Å². The molecule has 2 N–H and O–H groups in total. The maximum Gasteiger partial charge on any atom is 0.337 e. The van der Waals surface area contributed by atoms with Gasteiger partial charge < -0.3 is 15.1 Å². The smallest absolute Gasteiger partial charge is 0.337 e. The SMILES string of the molecule is CC(=O)N(CCC(=O)O)c1ccc(Cl)c(C(=O)O)c1. The van der Waals surface area contributed by atoms with Gasteiger partial charge in [-0.2, -0.15) is 0 Å². The van der Waals surface area contributed by atoms with Gasteiger partial charge in [0.05, 0.1) is 17.0 Å². The number of rotatable bonds is 5. The summed E-state index contributed by atoms with van der Waals surface area (Å²) in [7, 11) is 0. The van der Waals surface area contributed by atoms with Crippen LogP contribution in [0.4, 0.5) is 5.69 Å². The zero-order valence-corrected chi connectivity index (χ0v) is 10.8. The fourth-order valence-corrected chi connectivity index (χ4v) is 1.72. The number of anilines is 1. The van der Waals surface area contributed by atoms with Crippen LogP contribution in [-0.4, -0.2) is 34.6 Å². The Morgan fingerprint density at radius 1 is 1.26 bits per heavy atom. The number of aliphatic carboxylic acids is 1. The first kappa shape index (κ1) is 15.0. The molecule has 1 aromatic rings. The average molecular weight is 286 g/mol. The first-order valence-electron chi connectivity index (χ1n) is 5.35. The van der Waals surface area contributed by atoms with E-state index in [9.17, 15) is 14.4 Å². The topological polar surface area (TPSA) is 94.9 Å². The molecule has 0 aromatic heterocycles. The first-order valence-corrected chi connectivity index (χ1v) is 5.73. The molecule has 1 aromatic carbocycles. The Balaban J connectivity index is 3.09. The number of carbonyl (C=O) groups excluding carboxylic acids is 1. The molecule has 7 heteroatoms. The molecule has 0 saturated carbocycles. The van der Waals surface area contributed by atoms with Gasteiger partial charge >= 0.3 is 11.9 Å². The molecule has 0 bridgehead atoms. The number of amides is 1. The third-order valence-corrected chi connectivity index (χ3v) is 2.75. The maximum absolute atomic E-state index is 11.5. The van der Waals surface area contributed by atoms with Gasteiger partial charge in [-0.15, -0.1) is 0 Å². The highest BCUT2D eigenvalue weighted by molar-refractivity contribution is 6.33. The lowest BCUT2D eigenvalue weighted by molar-refractivity contribution is -0.136. The van der Waals surface area contributed by atoms with Gasteiger partial charge in [-0.3, -0.25) is 9.59 Å². The Hall–Kier alpha value is -2.08. The number of hydrogen-bond acceptors (Lipinski definition) is 3. The molecule has 0 aliphatic rings. The van der Waals surface area contributed by atoms with Gasteiger partial charge in [0.25, 0.3) is 0 Å². The predicted octanol–water partition coefficient (Wildman–Crippen LogP) is 1.87. The van der Waals surface area contributed by atoms with Gasteiger partial charge in [0.15, 0.2) is 0 Å². The lowest BCUT2D eigenvalue weighted by atomic mass is 10.1. The van der Waals surface area contributed by atoms with E-state index in [0.29, 0.717) is 5.69 Å². The third kappa shape index (κ3) is 3.96. The average Bonchev–Trinajstić information content (AvgIpc) is 2.30. The van der Waals surface area contributed by atoms with Crippen molar-refractivity contribution in [2.24, 2.45) is 0 Å². The monoisotopic (exact) mass is 285 g/mol. The lowest BCUT2D eigenvalue weighted by Gasteiger charge is -2.21. The Bertz CT molecular complexity index is 529. The Labute approximate surface area is 114 Å². The number of carboxylic acids is 2. The highest BCUT2D eigenvalue weighted by atomic mass is 35.5. The normalized spacial score (nSPS) is 10.0. The zero-order valence-electron chi connectivity index (χ0n) is 10.1. The number of carboxylic acid groups (broad SMARTS) is 2. The maximum atomic E-state index is 11.5. The second-order valence-corrected chi connectivity index (χ2v) is 4.19. The summed E-state index contributed by atoms with van der Waals surface area (Å²) in [5, 5.41) is 17.6. The lowest BCUT2D eigenvalue weighted by Crippen LogP contribution is -2.31. The minimum atomic E-state index is -1.21. The Morgan fingerprint density at radius 2 is 1.89 bits per heavy atom. The first-order chi connectivity index (χ1) is 8.82. The quantitative estimate of drug-likeness (QED) is 0.861. The van der Waals surface area contributed by atoms with Crippen molar-refractivity contribution in [3.05, 3.63) is 28.8 Å². The Kier molecular flexibility index (Phi) is 4.88. The summed E-state index contributed by atoms with van der Waals surface area (Å²) in [5.41, 5.74) is 0.163. The van der Waals surface area contributed by atoms with Gasteiger partial charge in [-0.05, 0) is 18.2 Å². The molecular weight excluding hydrogens is 274 g/mol. The van der Waals surface area contributed by atoms with Crippen LogP contribution in [0.2, 0.25) is 5.02 Å². The molecule has 0 atom stereocenters. The van der Waals surface area contributed by atoms with Crippen LogP contribution >= 0.6 is 11.6 Å². The van der Waals surface area contributed by atoms with Gasteiger partial charge in [0.1, 0.15) is 0 Å². The molecule has 19 heavy (non-hydrogen) atoms. The molecule has 0 heterocycles. The molecule has 0 fully saturated rings. The van der Waals surface area contributed by atoms with Crippen LogP contribution in [0.5, 0.6) is 0 Å². The van der Waals surface area contributed by atoms with Crippen LogP contribution in [0.15, 0.2) is 18.2 Å². The van der Waals surface area contributed by atoms with Crippen LogP contribution in [0.1, 0.15) is 23.7 Å². The Morgan fingerprint density at radius 3 is 2.37 bits per heavy atom. The predicted molar refractivity (Wildman–Crippen MR) is 68.7 cm³/mol. The van der Waals surface area contributed by atoms with Gasteiger partial charge in [-0.1, -0.05) is 11.6 Å². The van der Waals surface area contributed by atoms with Crippen molar-refractivity contribution >= 4 is 35.1 Å². The van der Waals surface area contributed by atoms with Gasteiger partial charge in [-0.25, -0.2) is 4.79 Å². The molecule has 1 rings (SSSR count). The standard InChI is InChI=1S/C12H12ClNO5/c1-7(15)14(5-4-11(16)17)8-2-3-10(13)9(6-8)12(18)19/h2-3,6H,4-5H2,1H3,(H,16,17)(H,18,19).